The Morgan fingerprint density at radius 2 is 1.39 bits per heavy atom. The molecule has 0 spiro atoms. The van der Waals surface area contributed by atoms with Crippen molar-refractivity contribution in [2.24, 2.45) is 5.73 Å². The maximum Gasteiger partial charge on any atom is 0.320 e. The lowest BCUT2D eigenvalue weighted by atomic mass is 10.0. The van der Waals surface area contributed by atoms with Crippen molar-refractivity contribution in [1.29, 1.82) is 5.41 Å². The highest BCUT2D eigenvalue weighted by Gasteiger charge is 2.17. The van der Waals surface area contributed by atoms with Crippen LogP contribution in [0.5, 0.6) is 0 Å². The third-order valence-electron chi connectivity index (χ3n) is 6.46. The van der Waals surface area contributed by atoms with Crippen molar-refractivity contribution in [3.63, 3.8) is 0 Å². The maximum absolute atomic E-state index is 11.4. The van der Waals surface area contributed by atoms with Gasteiger partial charge in [-0.25, -0.2) is 0 Å². The fourth-order valence-corrected chi connectivity index (χ4v) is 4.25. The van der Waals surface area contributed by atoms with Gasteiger partial charge >= 0.3 is 5.97 Å². The van der Waals surface area contributed by atoms with Crippen molar-refractivity contribution in [1.82, 2.24) is 10.6 Å². The molecule has 0 saturated carbocycles. The molecule has 0 aromatic carbocycles. The summed E-state index contributed by atoms with van der Waals surface area (Å²) in [5.74, 6) is -0.980. The predicted octanol–water partition coefficient (Wildman–Crippen LogP) is 5.35. The molecule has 0 aliphatic carbocycles. The number of hydrogen-bond acceptors (Lipinski definition) is 5. The van der Waals surface area contributed by atoms with Gasteiger partial charge in [-0.1, -0.05) is 90.4 Å². The molecule has 0 heterocycles. The Balaban J connectivity index is 0. The zero-order chi connectivity index (χ0) is 26.2. The minimum atomic E-state index is -0.877. The van der Waals surface area contributed by atoms with Gasteiger partial charge in [-0.15, -0.1) is 12.4 Å². The van der Waals surface area contributed by atoms with Gasteiger partial charge < -0.3 is 31.3 Å². The molecule has 0 amide bonds. The number of carboxylic acid groups (broad SMARTS) is 1. The summed E-state index contributed by atoms with van der Waals surface area (Å²) in [5, 5.41) is 32.2. The van der Waals surface area contributed by atoms with E-state index in [2.05, 4.69) is 17.6 Å². The Labute approximate surface area is 226 Å². The van der Waals surface area contributed by atoms with E-state index in [0.717, 1.165) is 12.8 Å². The van der Waals surface area contributed by atoms with Crippen molar-refractivity contribution in [3.8, 4) is 0 Å². The first-order chi connectivity index (χ1) is 16.9. The van der Waals surface area contributed by atoms with Gasteiger partial charge in [-0.3, -0.25) is 10.2 Å². The Hall–Kier alpha value is -1.09. The van der Waals surface area contributed by atoms with Gasteiger partial charge in [0.2, 0.25) is 0 Å². The number of unbranched alkanes of at least 4 members (excludes halogenated alkanes) is 12. The molecule has 9 heteroatoms. The van der Waals surface area contributed by atoms with Crippen molar-refractivity contribution < 1.29 is 19.7 Å². The molecule has 0 radical (unpaired) electrons. The predicted molar refractivity (Wildman–Crippen MR) is 152 cm³/mol. The van der Waals surface area contributed by atoms with Crippen LogP contribution >= 0.6 is 12.4 Å². The highest BCUT2D eigenvalue weighted by molar-refractivity contribution is 5.85. The van der Waals surface area contributed by atoms with E-state index in [1.165, 1.54) is 77.0 Å². The molecule has 7 N–H and O–H groups in total. The van der Waals surface area contributed by atoms with E-state index in [1.54, 1.807) is 6.92 Å². The standard InChI is InChI=1S/C27H56N4O4.ClH/c1-3-4-5-6-7-8-9-10-11-12-13-14-15-19-25(23(2)32)35-22-17-21-30-24(26(33)34)18-16-20-31-27(28)29;/h23-25,30,32H,3-22H2,1-2H3,(H,33,34)(H4,28,29,31);1H/t23?,24-,25?;/m0./s1. The van der Waals surface area contributed by atoms with E-state index < -0.39 is 18.1 Å². The molecule has 8 nitrogen and oxygen atoms in total. The number of aliphatic hydroxyl groups excluding tert-OH is 1. The lowest BCUT2D eigenvalue weighted by Crippen LogP contribution is -2.39. The first-order valence-corrected chi connectivity index (χ1v) is 14.2. The molecule has 0 aliphatic heterocycles. The third kappa shape index (κ3) is 24.6. The zero-order valence-electron chi connectivity index (χ0n) is 23.1. The summed E-state index contributed by atoms with van der Waals surface area (Å²) in [4.78, 5) is 11.4. The lowest BCUT2D eigenvalue weighted by Gasteiger charge is -2.21. The van der Waals surface area contributed by atoms with Crippen LogP contribution in [0.1, 0.15) is 123 Å². The minimum Gasteiger partial charge on any atom is -0.480 e. The molecule has 36 heavy (non-hydrogen) atoms. The number of halogens is 1. The number of aliphatic hydroxyl groups is 1. The first-order valence-electron chi connectivity index (χ1n) is 14.2. The molecule has 2 unspecified atom stereocenters. The minimum absolute atomic E-state index is 0. The number of hydrogen-bond donors (Lipinski definition) is 6. The Kier molecular flexibility index (Phi) is 27.8. The molecule has 3 atom stereocenters. The molecule has 0 saturated heterocycles. The van der Waals surface area contributed by atoms with Gasteiger partial charge in [0, 0.05) is 13.2 Å². The Morgan fingerprint density at radius 1 is 0.861 bits per heavy atom. The SMILES string of the molecule is CCCCCCCCCCCCCCCC(OCCCN[C@@H](CCCNC(=N)N)C(=O)O)C(C)O.Cl. The van der Waals surface area contributed by atoms with E-state index >= 15 is 0 Å². The van der Waals surface area contributed by atoms with Crippen LogP contribution in [0.2, 0.25) is 0 Å². The molecular formula is C27H57ClN4O4. The van der Waals surface area contributed by atoms with Gasteiger partial charge in [0.15, 0.2) is 5.96 Å². The Bertz CT molecular complexity index is 512. The summed E-state index contributed by atoms with van der Waals surface area (Å²) in [5.41, 5.74) is 5.22. The second-order valence-electron chi connectivity index (χ2n) is 9.86. The summed E-state index contributed by atoms with van der Waals surface area (Å²) in [6.45, 7) is 5.57. The van der Waals surface area contributed by atoms with Crippen molar-refractivity contribution in [3.05, 3.63) is 0 Å². The van der Waals surface area contributed by atoms with Crippen LogP contribution in [-0.2, 0) is 9.53 Å². The molecule has 0 fully saturated rings. The number of nitrogens with two attached hydrogens (primary N) is 1. The van der Waals surface area contributed by atoms with Crippen LogP contribution in [0, 0.1) is 5.41 Å². The first kappa shape index (κ1) is 37.1. The number of carboxylic acids is 1. The summed E-state index contributed by atoms with van der Waals surface area (Å²) >= 11 is 0. The summed E-state index contributed by atoms with van der Waals surface area (Å²) in [6, 6.07) is -0.623. The molecule has 0 aromatic rings. The molecule has 0 bridgehead atoms. The second-order valence-corrected chi connectivity index (χ2v) is 9.86. The number of carbonyl (C=O) groups is 1. The monoisotopic (exact) mass is 536 g/mol. The fraction of sp³-hybridized carbons (Fsp3) is 0.926. The van der Waals surface area contributed by atoms with Crippen LogP contribution < -0.4 is 16.4 Å². The quantitative estimate of drug-likeness (QED) is 0.0497. The highest BCUT2D eigenvalue weighted by atomic mass is 35.5. The van der Waals surface area contributed by atoms with E-state index in [1.807, 2.05) is 0 Å². The van der Waals surface area contributed by atoms with E-state index in [4.69, 9.17) is 15.9 Å². The molecule has 216 valence electrons. The number of guanidine groups is 1. The maximum atomic E-state index is 11.4. The van der Waals surface area contributed by atoms with Crippen LogP contribution in [0.4, 0.5) is 0 Å². The van der Waals surface area contributed by atoms with Crippen LogP contribution in [-0.4, -0.2) is 60.1 Å². The van der Waals surface area contributed by atoms with Crippen LogP contribution in [0.15, 0.2) is 0 Å². The summed E-state index contributed by atoms with van der Waals surface area (Å²) in [7, 11) is 0. The lowest BCUT2D eigenvalue weighted by molar-refractivity contribution is -0.139. The average Bonchev–Trinajstić information content (AvgIpc) is 2.81. The third-order valence-corrected chi connectivity index (χ3v) is 6.46. The molecule has 0 aliphatic rings. The molecule has 0 aromatic heterocycles. The van der Waals surface area contributed by atoms with Crippen molar-refractivity contribution >= 4 is 24.3 Å². The topological polar surface area (TPSA) is 141 Å². The normalized spacial score (nSPS) is 13.5. The van der Waals surface area contributed by atoms with Gasteiger partial charge in [-0.2, -0.15) is 0 Å². The van der Waals surface area contributed by atoms with Crippen LogP contribution in [0.25, 0.3) is 0 Å². The number of aliphatic carboxylic acids is 1. The van der Waals surface area contributed by atoms with Crippen molar-refractivity contribution in [2.75, 3.05) is 19.7 Å². The van der Waals surface area contributed by atoms with E-state index in [-0.39, 0.29) is 24.5 Å². The van der Waals surface area contributed by atoms with Gasteiger partial charge in [0.25, 0.3) is 0 Å². The second kappa shape index (κ2) is 27.0. The van der Waals surface area contributed by atoms with Crippen LogP contribution in [0.3, 0.4) is 0 Å². The largest absolute Gasteiger partial charge is 0.480 e. The molecular weight excluding hydrogens is 480 g/mol. The van der Waals surface area contributed by atoms with Crippen molar-refractivity contribution in [2.45, 2.75) is 141 Å². The highest BCUT2D eigenvalue weighted by Crippen LogP contribution is 2.15. The fourth-order valence-electron chi connectivity index (χ4n) is 4.25. The number of nitrogens with one attached hydrogen (secondary N) is 3. The smallest absolute Gasteiger partial charge is 0.320 e. The van der Waals surface area contributed by atoms with E-state index in [0.29, 0.717) is 39.0 Å². The summed E-state index contributed by atoms with van der Waals surface area (Å²) < 4.78 is 5.89. The Morgan fingerprint density at radius 3 is 1.86 bits per heavy atom. The zero-order valence-corrected chi connectivity index (χ0v) is 23.9. The van der Waals surface area contributed by atoms with E-state index in [9.17, 15) is 15.0 Å². The number of rotatable bonds is 26. The summed E-state index contributed by atoms with van der Waals surface area (Å²) in [6.07, 6.45) is 19.2. The van der Waals surface area contributed by atoms with Gasteiger partial charge in [0.1, 0.15) is 6.04 Å². The van der Waals surface area contributed by atoms with Gasteiger partial charge in [0.05, 0.1) is 12.2 Å². The van der Waals surface area contributed by atoms with Gasteiger partial charge in [-0.05, 0) is 39.2 Å². The number of ether oxygens (including phenoxy) is 1. The average molecular weight is 537 g/mol. The molecule has 0 rings (SSSR count).